The summed E-state index contributed by atoms with van der Waals surface area (Å²) in [5.41, 5.74) is 0. The largest absolute Gasteiger partial charge is 0.302 e. The Bertz CT molecular complexity index is 120. The van der Waals surface area contributed by atoms with Crippen LogP contribution in [0.5, 0.6) is 0 Å². The molecule has 0 aromatic rings. The van der Waals surface area contributed by atoms with E-state index in [1.165, 1.54) is 25.7 Å². The molecule has 0 fully saturated rings. The number of nitrogens with one attached hydrogen (secondary N) is 1. The van der Waals surface area contributed by atoms with Crippen LogP contribution in [-0.4, -0.2) is 12.6 Å². The summed E-state index contributed by atoms with van der Waals surface area (Å²) in [6.07, 6.45) is 5.04. The lowest BCUT2D eigenvalue weighted by molar-refractivity contribution is 0.511. The van der Waals surface area contributed by atoms with Crippen molar-refractivity contribution in [2.45, 2.75) is 45.6 Å². The highest BCUT2D eigenvalue weighted by Crippen LogP contribution is 2.01. The maximum absolute atomic E-state index is 8.27. The lowest BCUT2D eigenvalue weighted by Gasteiger charge is -2.09. The molecule has 1 atom stereocenters. The maximum Gasteiger partial charge on any atom is 0.0842 e. The molecule has 0 amide bonds. The average molecular weight is 191 g/mol. The van der Waals surface area contributed by atoms with Gasteiger partial charge in [0.25, 0.3) is 0 Å². The van der Waals surface area contributed by atoms with E-state index in [2.05, 4.69) is 25.2 Å². The van der Waals surface area contributed by atoms with Crippen LogP contribution >= 0.6 is 12.4 Å². The van der Waals surface area contributed by atoms with Gasteiger partial charge in [-0.15, -0.1) is 12.4 Å². The SMILES string of the molecule is CCCCC[C@@H](C)NCC#N.Cl. The van der Waals surface area contributed by atoms with Crippen LogP contribution in [0.2, 0.25) is 0 Å². The van der Waals surface area contributed by atoms with E-state index in [0.29, 0.717) is 12.6 Å². The van der Waals surface area contributed by atoms with Gasteiger partial charge in [0.2, 0.25) is 0 Å². The quantitative estimate of drug-likeness (QED) is 0.516. The van der Waals surface area contributed by atoms with Gasteiger partial charge in [0.1, 0.15) is 0 Å². The van der Waals surface area contributed by atoms with Crippen LogP contribution in [0.1, 0.15) is 39.5 Å². The fraction of sp³-hybridized carbons (Fsp3) is 0.889. The first-order valence-electron chi connectivity index (χ1n) is 4.41. The predicted octanol–water partition coefficient (Wildman–Crippen LogP) is 2.49. The minimum Gasteiger partial charge on any atom is -0.302 e. The molecule has 12 heavy (non-hydrogen) atoms. The van der Waals surface area contributed by atoms with Crippen molar-refractivity contribution < 1.29 is 0 Å². The number of hydrogen-bond acceptors (Lipinski definition) is 2. The van der Waals surface area contributed by atoms with Gasteiger partial charge in [0.15, 0.2) is 0 Å². The first kappa shape index (κ1) is 14.3. The number of nitrogens with zero attached hydrogens (tertiary/aromatic N) is 1. The standard InChI is InChI=1S/C9H18N2.ClH/c1-3-4-5-6-9(2)11-8-7-10;/h9,11H,3-6,8H2,1-2H3;1H/t9-;/m1./s1. The molecule has 0 heterocycles. The van der Waals surface area contributed by atoms with Gasteiger partial charge in [-0.2, -0.15) is 5.26 Å². The first-order valence-corrected chi connectivity index (χ1v) is 4.41. The van der Waals surface area contributed by atoms with E-state index in [0.717, 1.165) is 0 Å². The minimum absolute atomic E-state index is 0. The monoisotopic (exact) mass is 190 g/mol. The van der Waals surface area contributed by atoms with Crippen molar-refractivity contribution in [1.29, 1.82) is 5.26 Å². The van der Waals surface area contributed by atoms with Crippen LogP contribution in [0.3, 0.4) is 0 Å². The minimum atomic E-state index is 0. The van der Waals surface area contributed by atoms with Gasteiger partial charge in [-0.3, -0.25) is 0 Å². The molecular formula is C9H19ClN2. The van der Waals surface area contributed by atoms with Gasteiger partial charge in [0.05, 0.1) is 12.6 Å². The highest BCUT2D eigenvalue weighted by molar-refractivity contribution is 5.85. The Balaban J connectivity index is 0. The van der Waals surface area contributed by atoms with Crippen molar-refractivity contribution in [3.8, 4) is 6.07 Å². The smallest absolute Gasteiger partial charge is 0.0842 e. The van der Waals surface area contributed by atoms with Crippen molar-refractivity contribution in [2.24, 2.45) is 0 Å². The third kappa shape index (κ3) is 9.74. The molecule has 0 aliphatic rings. The van der Waals surface area contributed by atoms with Gasteiger partial charge in [-0.1, -0.05) is 26.2 Å². The third-order valence-corrected chi connectivity index (χ3v) is 1.77. The van der Waals surface area contributed by atoms with Crippen LogP contribution in [-0.2, 0) is 0 Å². The van der Waals surface area contributed by atoms with E-state index in [-0.39, 0.29) is 12.4 Å². The lowest BCUT2D eigenvalue weighted by Crippen LogP contribution is -2.25. The second kappa shape index (κ2) is 10.7. The number of rotatable bonds is 6. The summed E-state index contributed by atoms with van der Waals surface area (Å²) in [6.45, 7) is 4.81. The zero-order chi connectivity index (χ0) is 8.53. The molecule has 3 heteroatoms. The normalized spacial score (nSPS) is 11.4. The van der Waals surface area contributed by atoms with Crippen molar-refractivity contribution >= 4 is 12.4 Å². The van der Waals surface area contributed by atoms with Crippen molar-refractivity contribution in [2.75, 3.05) is 6.54 Å². The Labute approximate surface area is 81.8 Å². The summed E-state index contributed by atoms with van der Waals surface area (Å²) >= 11 is 0. The Hall–Kier alpha value is -0.260. The fourth-order valence-electron chi connectivity index (χ4n) is 1.02. The summed E-state index contributed by atoms with van der Waals surface area (Å²) in [7, 11) is 0. The molecule has 0 rings (SSSR count). The molecule has 0 aromatic heterocycles. The number of hydrogen-bond donors (Lipinski definition) is 1. The van der Waals surface area contributed by atoms with E-state index in [1.807, 2.05) is 0 Å². The highest BCUT2D eigenvalue weighted by Gasteiger charge is 1.98. The molecule has 72 valence electrons. The van der Waals surface area contributed by atoms with E-state index < -0.39 is 0 Å². The van der Waals surface area contributed by atoms with E-state index in [9.17, 15) is 0 Å². The summed E-state index contributed by atoms with van der Waals surface area (Å²) in [5, 5.41) is 11.4. The number of nitriles is 1. The summed E-state index contributed by atoms with van der Waals surface area (Å²) in [4.78, 5) is 0. The molecule has 0 unspecified atom stereocenters. The van der Waals surface area contributed by atoms with Gasteiger partial charge < -0.3 is 5.32 Å². The van der Waals surface area contributed by atoms with E-state index >= 15 is 0 Å². The van der Waals surface area contributed by atoms with Crippen LogP contribution in [0.4, 0.5) is 0 Å². The second-order valence-corrected chi connectivity index (χ2v) is 2.94. The molecule has 0 spiro atoms. The Morgan fingerprint density at radius 2 is 2.08 bits per heavy atom. The Kier molecular flexibility index (Phi) is 12.8. The number of unbranched alkanes of at least 4 members (excludes halogenated alkanes) is 2. The van der Waals surface area contributed by atoms with Crippen LogP contribution < -0.4 is 5.32 Å². The highest BCUT2D eigenvalue weighted by atomic mass is 35.5. The van der Waals surface area contributed by atoms with Gasteiger partial charge in [-0.25, -0.2) is 0 Å². The molecule has 0 aliphatic heterocycles. The Morgan fingerprint density at radius 3 is 2.58 bits per heavy atom. The zero-order valence-corrected chi connectivity index (χ0v) is 8.78. The number of halogens is 1. The van der Waals surface area contributed by atoms with Crippen LogP contribution in [0.15, 0.2) is 0 Å². The molecule has 0 saturated carbocycles. The topological polar surface area (TPSA) is 35.8 Å². The Morgan fingerprint density at radius 1 is 1.42 bits per heavy atom. The summed E-state index contributed by atoms with van der Waals surface area (Å²) in [5.74, 6) is 0. The molecule has 0 aromatic carbocycles. The van der Waals surface area contributed by atoms with Crippen LogP contribution in [0, 0.1) is 11.3 Å². The fourth-order valence-corrected chi connectivity index (χ4v) is 1.02. The van der Waals surface area contributed by atoms with E-state index in [4.69, 9.17) is 5.26 Å². The summed E-state index contributed by atoms with van der Waals surface area (Å²) < 4.78 is 0. The van der Waals surface area contributed by atoms with Gasteiger partial charge in [0, 0.05) is 6.04 Å². The van der Waals surface area contributed by atoms with Crippen molar-refractivity contribution in [3.63, 3.8) is 0 Å². The molecule has 0 radical (unpaired) electrons. The van der Waals surface area contributed by atoms with Gasteiger partial charge >= 0.3 is 0 Å². The van der Waals surface area contributed by atoms with Gasteiger partial charge in [-0.05, 0) is 13.3 Å². The van der Waals surface area contributed by atoms with Crippen molar-refractivity contribution in [1.82, 2.24) is 5.32 Å². The maximum atomic E-state index is 8.27. The summed E-state index contributed by atoms with van der Waals surface area (Å²) in [6, 6.07) is 2.58. The molecule has 2 nitrogen and oxygen atoms in total. The van der Waals surface area contributed by atoms with Crippen molar-refractivity contribution in [3.05, 3.63) is 0 Å². The molecule has 0 bridgehead atoms. The molecule has 0 saturated heterocycles. The first-order chi connectivity index (χ1) is 5.31. The predicted molar refractivity (Wildman–Crippen MR) is 54.5 cm³/mol. The molecule has 0 aliphatic carbocycles. The molecular weight excluding hydrogens is 172 g/mol. The van der Waals surface area contributed by atoms with E-state index in [1.54, 1.807) is 0 Å². The second-order valence-electron chi connectivity index (χ2n) is 2.94. The van der Waals surface area contributed by atoms with Crippen LogP contribution in [0.25, 0.3) is 0 Å². The average Bonchev–Trinajstić information content (AvgIpc) is 2.01. The molecule has 1 N–H and O–H groups in total. The lowest BCUT2D eigenvalue weighted by atomic mass is 10.1. The third-order valence-electron chi connectivity index (χ3n) is 1.77. The zero-order valence-electron chi connectivity index (χ0n) is 7.97.